The molecular formula is C40H28N4O. The maximum absolute atomic E-state index is 6.54. The highest BCUT2D eigenvalue weighted by Crippen LogP contribution is 2.40. The standard InChI is InChI=1S/C40H28N4O/c1-25-23-41-24-26(2)36(25)30-17-11-16-29(20-30)31-21-33-32-18-9-10-19-35(32)45-37(33)34(22-31)40-43-38(27-12-5-3-6-13-27)42-39(44-40)28-14-7-4-8-15-28/h3-24H,1-2H3. The maximum atomic E-state index is 6.54. The molecule has 0 fully saturated rings. The number of para-hydroxylation sites is 1. The predicted molar refractivity (Wildman–Crippen MR) is 182 cm³/mol. The topological polar surface area (TPSA) is 64.7 Å². The molecule has 8 rings (SSSR count). The van der Waals surface area contributed by atoms with E-state index in [0.717, 1.165) is 66.4 Å². The molecule has 45 heavy (non-hydrogen) atoms. The summed E-state index contributed by atoms with van der Waals surface area (Å²) >= 11 is 0. The molecule has 214 valence electrons. The van der Waals surface area contributed by atoms with Gasteiger partial charge in [-0.1, -0.05) is 97.1 Å². The third-order valence-corrected chi connectivity index (χ3v) is 8.23. The molecule has 0 radical (unpaired) electrons. The zero-order valence-electron chi connectivity index (χ0n) is 24.9. The van der Waals surface area contributed by atoms with Gasteiger partial charge in [-0.25, -0.2) is 15.0 Å². The number of nitrogens with zero attached hydrogens (tertiary/aromatic N) is 4. The summed E-state index contributed by atoms with van der Waals surface area (Å²) in [6.45, 7) is 4.22. The lowest BCUT2D eigenvalue weighted by molar-refractivity contribution is 0.669. The van der Waals surface area contributed by atoms with E-state index in [1.165, 1.54) is 5.56 Å². The van der Waals surface area contributed by atoms with Crippen LogP contribution in [0.2, 0.25) is 0 Å². The number of aromatic nitrogens is 4. The van der Waals surface area contributed by atoms with Crippen LogP contribution in [0.5, 0.6) is 0 Å². The first-order chi connectivity index (χ1) is 22.1. The van der Waals surface area contributed by atoms with Crippen LogP contribution in [0.15, 0.2) is 138 Å². The van der Waals surface area contributed by atoms with Crippen LogP contribution in [0.25, 0.3) is 78.4 Å². The van der Waals surface area contributed by atoms with Crippen LogP contribution in [0, 0.1) is 13.8 Å². The third kappa shape index (κ3) is 4.85. The monoisotopic (exact) mass is 580 g/mol. The van der Waals surface area contributed by atoms with Crippen molar-refractivity contribution in [1.29, 1.82) is 0 Å². The summed E-state index contributed by atoms with van der Waals surface area (Å²) in [6.07, 6.45) is 3.85. The van der Waals surface area contributed by atoms with Gasteiger partial charge in [-0.2, -0.15) is 0 Å². The van der Waals surface area contributed by atoms with Gasteiger partial charge in [0.25, 0.3) is 0 Å². The molecule has 0 aliphatic heterocycles. The fourth-order valence-corrected chi connectivity index (χ4v) is 6.10. The molecular weight excluding hydrogens is 552 g/mol. The minimum atomic E-state index is 0.561. The lowest BCUT2D eigenvalue weighted by Gasteiger charge is -2.13. The largest absolute Gasteiger partial charge is 0.455 e. The van der Waals surface area contributed by atoms with E-state index >= 15 is 0 Å². The van der Waals surface area contributed by atoms with Gasteiger partial charge in [-0.3, -0.25) is 4.98 Å². The van der Waals surface area contributed by atoms with Gasteiger partial charge in [0, 0.05) is 34.3 Å². The summed E-state index contributed by atoms with van der Waals surface area (Å²) in [5.74, 6) is 1.78. The van der Waals surface area contributed by atoms with Gasteiger partial charge >= 0.3 is 0 Å². The molecule has 0 spiro atoms. The Bertz CT molecular complexity index is 2270. The van der Waals surface area contributed by atoms with E-state index in [0.29, 0.717) is 17.5 Å². The lowest BCUT2D eigenvalue weighted by Crippen LogP contribution is -2.00. The van der Waals surface area contributed by atoms with Crippen molar-refractivity contribution in [1.82, 2.24) is 19.9 Å². The normalized spacial score (nSPS) is 11.3. The molecule has 0 atom stereocenters. The summed E-state index contributed by atoms with van der Waals surface area (Å²) < 4.78 is 6.54. The molecule has 3 aromatic heterocycles. The molecule has 0 saturated carbocycles. The van der Waals surface area contributed by atoms with Gasteiger partial charge in [-0.05, 0) is 71.5 Å². The first kappa shape index (κ1) is 26.7. The Morgan fingerprint density at radius 2 is 1.04 bits per heavy atom. The lowest BCUT2D eigenvalue weighted by atomic mass is 9.93. The number of pyridine rings is 1. The molecule has 5 heteroatoms. The number of fused-ring (bicyclic) bond motifs is 3. The number of rotatable bonds is 5. The number of hydrogen-bond acceptors (Lipinski definition) is 5. The summed E-state index contributed by atoms with van der Waals surface area (Å²) in [5, 5.41) is 2.07. The second-order valence-corrected chi connectivity index (χ2v) is 11.3. The number of aryl methyl sites for hydroxylation is 2. The molecule has 0 amide bonds. The average molecular weight is 581 g/mol. The molecule has 0 N–H and O–H groups in total. The van der Waals surface area contributed by atoms with Crippen LogP contribution >= 0.6 is 0 Å². The van der Waals surface area contributed by atoms with Gasteiger partial charge in [0.2, 0.25) is 0 Å². The minimum Gasteiger partial charge on any atom is -0.455 e. The van der Waals surface area contributed by atoms with E-state index in [2.05, 4.69) is 61.3 Å². The van der Waals surface area contributed by atoms with Crippen molar-refractivity contribution in [3.63, 3.8) is 0 Å². The zero-order valence-corrected chi connectivity index (χ0v) is 24.9. The van der Waals surface area contributed by atoms with Crippen molar-refractivity contribution in [2.24, 2.45) is 0 Å². The smallest absolute Gasteiger partial charge is 0.167 e. The van der Waals surface area contributed by atoms with Crippen molar-refractivity contribution in [2.45, 2.75) is 13.8 Å². The maximum Gasteiger partial charge on any atom is 0.167 e. The van der Waals surface area contributed by atoms with Crippen LogP contribution in [0.3, 0.4) is 0 Å². The van der Waals surface area contributed by atoms with E-state index in [1.807, 2.05) is 91.3 Å². The van der Waals surface area contributed by atoms with Crippen molar-refractivity contribution in [2.75, 3.05) is 0 Å². The van der Waals surface area contributed by atoms with Gasteiger partial charge in [0.15, 0.2) is 17.5 Å². The van der Waals surface area contributed by atoms with Crippen molar-refractivity contribution in [3.8, 4) is 56.4 Å². The first-order valence-corrected chi connectivity index (χ1v) is 15.0. The molecule has 5 nitrogen and oxygen atoms in total. The Morgan fingerprint density at radius 1 is 0.467 bits per heavy atom. The third-order valence-electron chi connectivity index (χ3n) is 8.23. The molecule has 5 aromatic carbocycles. The van der Waals surface area contributed by atoms with E-state index in [4.69, 9.17) is 19.4 Å². The Balaban J connectivity index is 1.40. The van der Waals surface area contributed by atoms with Crippen molar-refractivity contribution >= 4 is 21.9 Å². The molecule has 0 aliphatic rings. The van der Waals surface area contributed by atoms with Crippen LogP contribution in [0.1, 0.15) is 11.1 Å². The minimum absolute atomic E-state index is 0.561. The molecule has 8 aromatic rings. The highest BCUT2D eigenvalue weighted by Gasteiger charge is 2.20. The van der Waals surface area contributed by atoms with E-state index in [-0.39, 0.29) is 0 Å². The van der Waals surface area contributed by atoms with Crippen LogP contribution in [0.4, 0.5) is 0 Å². The Kier molecular flexibility index (Phi) is 6.50. The summed E-state index contributed by atoms with van der Waals surface area (Å²) in [5.41, 5.74) is 11.0. The van der Waals surface area contributed by atoms with Crippen molar-refractivity contribution < 1.29 is 4.42 Å². The summed E-state index contributed by atoms with van der Waals surface area (Å²) in [4.78, 5) is 19.4. The molecule has 3 heterocycles. The number of furan rings is 1. The molecule has 0 bridgehead atoms. The van der Waals surface area contributed by atoms with Crippen LogP contribution < -0.4 is 0 Å². The molecule has 0 aliphatic carbocycles. The quantitative estimate of drug-likeness (QED) is 0.203. The Labute approximate surface area is 260 Å². The second-order valence-electron chi connectivity index (χ2n) is 11.3. The second kappa shape index (κ2) is 11.0. The van der Waals surface area contributed by atoms with E-state index in [9.17, 15) is 0 Å². The highest BCUT2D eigenvalue weighted by atomic mass is 16.3. The van der Waals surface area contributed by atoms with Gasteiger partial charge in [0.05, 0.1) is 5.56 Å². The molecule has 0 unspecified atom stereocenters. The van der Waals surface area contributed by atoms with Gasteiger partial charge in [-0.15, -0.1) is 0 Å². The fourth-order valence-electron chi connectivity index (χ4n) is 6.10. The summed E-state index contributed by atoms with van der Waals surface area (Å²) in [6, 6.07) is 41.3. The zero-order chi connectivity index (χ0) is 30.3. The summed E-state index contributed by atoms with van der Waals surface area (Å²) in [7, 11) is 0. The number of benzene rings is 5. The first-order valence-electron chi connectivity index (χ1n) is 15.0. The van der Waals surface area contributed by atoms with E-state index < -0.39 is 0 Å². The molecule has 0 saturated heterocycles. The van der Waals surface area contributed by atoms with Gasteiger partial charge < -0.3 is 4.42 Å². The number of hydrogen-bond donors (Lipinski definition) is 0. The van der Waals surface area contributed by atoms with Gasteiger partial charge in [0.1, 0.15) is 11.2 Å². The van der Waals surface area contributed by atoms with Crippen LogP contribution in [-0.4, -0.2) is 19.9 Å². The highest BCUT2D eigenvalue weighted by molar-refractivity contribution is 6.11. The van der Waals surface area contributed by atoms with E-state index in [1.54, 1.807) is 0 Å². The Morgan fingerprint density at radius 3 is 1.73 bits per heavy atom. The van der Waals surface area contributed by atoms with Crippen LogP contribution in [-0.2, 0) is 0 Å². The predicted octanol–water partition coefficient (Wildman–Crippen LogP) is 10.1. The van der Waals surface area contributed by atoms with Crippen molar-refractivity contribution in [3.05, 3.63) is 145 Å². The Hall–Kier alpha value is -5.94. The average Bonchev–Trinajstić information content (AvgIpc) is 3.47. The SMILES string of the molecule is Cc1cncc(C)c1-c1cccc(-c2cc(-c3nc(-c4ccccc4)nc(-c4ccccc4)n3)c3oc4ccccc4c3c2)c1. The fraction of sp³-hybridized carbons (Fsp3) is 0.0500.